The van der Waals surface area contributed by atoms with Gasteiger partial charge in [-0.3, -0.25) is 9.59 Å². The minimum absolute atomic E-state index is 0.0140. The lowest BCUT2D eigenvalue weighted by molar-refractivity contribution is -0.132. The highest BCUT2D eigenvalue weighted by molar-refractivity contribution is 5.93. The molecule has 2 amide bonds. The molecular formula is C23H26N4O3. The number of pyridine rings is 1. The van der Waals surface area contributed by atoms with Gasteiger partial charge >= 0.3 is 0 Å². The number of aromatic nitrogens is 1. The summed E-state index contributed by atoms with van der Waals surface area (Å²) >= 11 is 0. The molecule has 0 radical (unpaired) electrons. The summed E-state index contributed by atoms with van der Waals surface area (Å²) in [6, 6.07) is 13.1. The summed E-state index contributed by atoms with van der Waals surface area (Å²) in [6.07, 6.45) is 3.28. The van der Waals surface area contributed by atoms with Gasteiger partial charge in [0.25, 0.3) is 11.8 Å². The second kappa shape index (κ2) is 7.97. The average Bonchev–Trinajstić information content (AvgIpc) is 3.35. The highest BCUT2D eigenvalue weighted by Gasteiger charge is 2.44. The Hall–Kier alpha value is -3.09. The molecule has 2 atom stereocenters. The van der Waals surface area contributed by atoms with E-state index < -0.39 is 0 Å². The zero-order valence-electron chi connectivity index (χ0n) is 16.8. The predicted molar refractivity (Wildman–Crippen MR) is 112 cm³/mol. The van der Waals surface area contributed by atoms with Crippen molar-refractivity contribution in [3.8, 4) is 5.75 Å². The first-order valence-electron chi connectivity index (χ1n) is 10.7. The minimum Gasteiger partial charge on any atom is -0.484 e. The maximum atomic E-state index is 12.8. The van der Waals surface area contributed by atoms with Crippen LogP contribution in [0.1, 0.15) is 28.9 Å². The van der Waals surface area contributed by atoms with Crippen molar-refractivity contribution >= 4 is 17.6 Å². The molecule has 1 aromatic heterocycles. The number of hydrogen-bond acceptors (Lipinski definition) is 5. The number of rotatable bonds is 6. The molecule has 156 valence electrons. The van der Waals surface area contributed by atoms with Crippen molar-refractivity contribution in [3.63, 3.8) is 0 Å². The van der Waals surface area contributed by atoms with Crippen molar-refractivity contribution < 1.29 is 14.3 Å². The summed E-state index contributed by atoms with van der Waals surface area (Å²) < 4.78 is 5.62. The Balaban J connectivity index is 1.22. The number of hydrogen-bond donors (Lipinski definition) is 2. The molecule has 7 heteroatoms. The third kappa shape index (κ3) is 3.97. The van der Waals surface area contributed by atoms with Crippen LogP contribution in [0.4, 0.5) is 5.82 Å². The van der Waals surface area contributed by atoms with E-state index in [9.17, 15) is 9.59 Å². The monoisotopic (exact) mass is 406 g/mol. The van der Waals surface area contributed by atoms with E-state index in [1.165, 1.54) is 12.8 Å². The van der Waals surface area contributed by atoms with Crippen molar-refractivity contribution in [2.75, 3.05) is 31.6 Å². The fourth-order valence-corrected chi connectivity index (χ4v) is 4.47. The summed E-state index contributed by atoms with van der Waals surface area (Å²) in [5.74, 6) is 2.16. The number of benzene rings is 1. The van der Waals surface area contributed by atoms with Crippen LogP contribution < -0.4 is 15.4 Å². The number of amides is 2. The van der Waals surface area contributed by atoms with Gasteiger partial charge < -0.3 is 20.3 Å². The molecule has 2 fully saturated rings. The average molecular weight is 406 g/mol. The number of carbonyl (C=O) groups excluding carboxylic acids is 2. The number of para-hydroxylation sites is 1. The van der Waals surface area contributed by atoms with E-state index >= 15 is 0 Å². The largest absolute Gasteiger partial charge is 0.484 e. The van der Waals surface area contributed by atoms with Crippen LogP contribution in [0.25, 0.3) is 0 Å². The summed E-state index contributed by atoms with van der Waals surface area (Å²) in [5.41, 5.74) is 1.58. The molecule has 7 nitrogen and oxygen atoms in total. The first-order chi connectivity index (χ1) is 14.7. The number of fused-ring (bicyclic) bond motifs is 1. The molecule has 30 heavy (non-hydrogen) atoms. The third-order valence-electron chi connectivity index (χ3n) is 6.27. The van der Waals surface area contributed by atoms with E-state index in [1.54, 1.807) is 6.07 Å². The van der Waals surface area contributed by atoms with Gasteiger partial charge in [0.1, 0.15) is 17.3 Å². The van der Waals surface area contributed by atoms with E-state index in [4.69, 9.17) is 4.74 Å². The number of nitrogens with one attached hydrogen (secondary N) is 2. The second-order valence-corrected chi connectivity index (χ2v) is 8.36. The molecule has 1 saturated carbocycles. The Morgan fingerprint density at radius 2 is 1.97 bits per heavy atom. The first-order valence-corrected chi connectivity index (χ1v) is 10.7. The van der Waals surface area contributed by atoms with Crippen molar-refractivity contribution in [2.45, 2.75) is 25.3 Å². The van der Waals surface area contributed by atoms with Crippen LogP contribution in [-0.4, -0.2) is 54.0 Å². The van der Waals surface area contributed by atoms with E-state index in [0.717, 1.165) is 24.3 Å². The fraction of sp³-hybridized carbons (Fsp3) is 0.435. The van der Waals surface area contributed by atoms with Gasteiger partial charge in [-0.25, -0.2) is 4.98 Å². The zero-order chi connectivity index (χ0) is 20.5. The van der Waals surface area contributed by atoms with Gasteiger partial charge in [-0.1, -0.05) is 24.3 Å². The number of nitrogens with zero attached hydrogens (tertiary/aromatic N) is 2. The van der Waals surface area contributed by atoms with Gasteiger partial charge in [0.15, 0.2) is 6.61 Å². The van der Waals surface area contributed by atoms with Crippen LogP contribution in [0.5, 0.6) is 5.75 Å². The molecule has 3 heterocycles. The van der Waals surface area contributed by atoms with Gasteiger partial charge in [-0.05, 0) is 48.9 Å². The number of ether oxygens (including phenoxy) is 1. The van der Waals surface area contributed by atoms with Gasteiger partial charge in [-0.15, -0.1) is 0 Å². The van der Waals surface area contributed by atoms with E-state index in [0.29, 0.717) is 36.4 Å². The molecule has 3 aliphatic rings. The molecule has 2 aromatic rings. The fourth-order valence-electron chi connectivity index (χ4n) is 4.47. The lowest BCUT2D eigenvalue weighted by Gasteiger charge is -2.19. The van der Waals surface area contributed by atoms with Crippen LogP contribution in [0.3, 0.4) is 0 Å². The van der Waals surface area contributed by atoms with Crippen LogP contribution >= 0.6 is 0 Å². The van der Waals surface area contributed by atoms with Crippen LogP contribution in [0, 0.1) is 11.8 Å². The van der Waals surface area contributed by atoms with Gasteiger partial charge in [-0.2, -0.15) is 0 Å². The van der Waals surface area contributed by atoms with Crippen molar-refractivity contribution in [2.24, 2.45) is 11.8 Å². The van der Waals surface area contributed by atoms with E-state index in [2.05, 4.69) is 15.6 Å². The smallest absolute Gasteiger partial charge is 0.270 e. The molecule has 5 rings (SSSR count). The van der Waals surface area contributed by atoms with Gasteiger partial charge in [0, 0.05) is 25.6 Å². The Morgan fingerprint density at radius 1 is 1.13 bits per heavy atom. The Labute approximate surface area is 175 Å². The standard InChI is InChI=1S/C23H26N4O3/c28-21(14-30-17-4-2-1-3-5-17)27-12-18(15-6-7-15)20(13-27)26-23(29)19-9-8-16-10-11-24-22(16)25-19/h1-5,8-9,15,18,20H,6-7,10-14H2,(H,24,25)(H,26,29)/t18-,20+/m0/s1. The topological polar surface area (TPSA) is 83.6 Å². The first kappa shape index (κ1) is 18.9. The molecule has 1 saturated heterocycles. The number of carbonyl (C=O) groups is 2. The number of likely N-dealkylation sites (tertiary alicyclic amines) is 1. The predicted octanol–water partition coefficient (Wildman–Crippen LogP) is 2.10. The lowest BCUT2D eigenvalue weighted by Crippen LogP contribution is -2.42. The highest BCUT2D eigenvalue weighted by atomic mass is 16.5. The molecular weight excluding hydrogens is 380 g/mol. The third-order valence-corrected chi connectivity index (χ3v) is 6.27. The Bertz CT molecular complexity index is 945. The molecule has 0 spiro atoms. The number of anilines is 1. The Morgan fingerprint density at radius 3 is 2.77 bits per heavy atom. The van der Waals surface area contributed by atoms with E-state index in [1.807, 2.05) is 41.3 Å². The molecule has 2 aliphatic heterocycles. The van der Waals surface area contributed by atoms with Crippen LogP contribution in [0.15, 0.2) is 42.5 Å². The van der Waals surface area contributed by atoms with E-state index in [-0.39, 0.29) is 24.5 Å². The van der Waals surface area contributed by atoms with Crippen molar-refractivity contribution in [1.82, 2.24) is 15.2 Å². The molecule has 0 bridgehead atoms. The minimum atomic E-state index is -0.169. The van der Waals surface area contributed by atoms with Crippen molar-refractivity contribution in [1.29, 1.82) is 0 Å². The summed E-state index contributed by atoms with van der Waals surface area (Å²) in [5, 5.41) is 6.37. The Kier molecular flexibility index (Phi) is 5.02. The van der Waals surface area contributed by atoms with Crippen molar-refractivity contribution in [3.05, 3.63) is 53.7 Å². The maximum Gasteiger partial charge on any atom is 0.270 e. The molecule has 0 unspecified atom stereocenters. The molecule has 1 aliphatic carbocycles. The van der Waals surface area contributed by atoms with Gasteiger partial charge in [0.05, 0.1) is 6.04 Å². The molecule has 2 N–H and O–H groups in total. The SMILES string of the molecule is O=C(N[C@@H]1CN(C(=O)COc2ccccc2)C[C@H]1C1CC1)c1ccc2c(n1)NCC2. The highest BCUT2D eigenvalue weighted by Crippen LogP contribution is 2.41. The van der Waals surface area contributed by atoms with Crippen LogP contribution in [-0.2, 0) is 11.2 Å². The van der Waals surface area contributed by atoms with Gasteiger partial charge in [0.2, 0.25) is 0 Å². The molecule has 1 aromatic carbocycles. The maximum absolute atomic E-state index is 12.8. The quantitative estimate of drug-likeness (QED) is 0.768. The van der Waals surface area contributed by atoms with Crippen LogP contribution in [0.2, 0.25) is 0 Å². The summed E-state index contributed by atoms with van der Waals surface area (Å²) in [6.45, 7) is 2.07. The second-order valence-electron chi connectivity index (χ2n) is 8.36. The normalized spacial score (nSPS) is 22.3. The summed E-state index contributed by atoms with van der Waals surface area (Å²) in [7, 11) is 0. The summed E-state index contributed by atoms with van der Waals surface area (Å²) in [4.78, 5) is 31.9. The zero-order valence-corrected chi connectivity index (χ0v) is 16.8. The lowest BCUT2D eigenvalue weighted by atomic mass is 9.98.